The van der Waals surface area contributed by atoms with E-state index < -0.39 is 0 Å². The third-order valence-corrected chi connectivity index (χ3v) is 3.66. The summed E-state index contributed by atoms with van der Waals surface area (Å²) in [4.78, 5) is 25.4. The Morgan fingerprint density at radius 3 is 2.70 bits per heavy atom. The smallest absolute Gasteiger partial charge is 0.410 e. The van der Waals surface area contributed by atoms with Crippen LogP contribution in [-0.4, -0.2) is 29.9 Å². The monoisotopic (exact) mass is 307 g/mol. The van der Waals surface area contributed by atoms with Crippen LogP contribution in [0.2, 0.25) is 0 Å². The van der Waals surface area contributed by atoms with Gasteiger partial charge in [0.2, 0.25) is 0 Å². The second kappa shape index (κ2) is 6.92. The second-order valence-electron chi connectivity index (χ2n) is 5.34. The summed E-state index contributed by atoms with van der Waals surface area (Å²) in [6.07, 6.45) is 3.07. The number of nitrogens with zero attached hydrogens (tertiary/aromatic N) is 1. The highest BCUT2D eigenvalue weighted by Crippen LogP contribution is 2.13. The van der Waals surface area contributed by atoms with E-state index in [-0.39, 0.29) is 11.9 Å². The van der Waals surface area contributed by atoms with Crippen LogP contribution in [0, 0.1) is 0 Å². The molecule has 0 N–H and O–H groups in total. The summed E-state index contributed by atoms with van der Waals surface area (Å²) in [5.41, 5.74) is 2.52. The maximum atomic E-state index is 12.3. The molecule has 23 heavy (non-hydrogen) atoms. The molecule has 1 heterocycles. The maximum absolute atomic E-state index is 12.3. The molecule has 116 valence electrons. The maximum Gasteiger partial charge on any atom is 0.410 e. The first-order valence-corrected chi connectivity index (χ1v) is 7.50. The normalized spacial score (nSPS) is 14.3. The number of allylic oxidation sites excluding steroid dienone is 1. The lowest BCUT2D eigenvalue weighted by Crippen LogP contribution is -2.23. The summed E-state index contributed by atoms with van der Waals surface area (Å²) in [5.74, 6) is -0.0558. The number of carbonyl (C=O) groups excluding carboxylic acids is 2. The number of ether oxygens (including phenoxy) is 1. The van der Waals surface area contributed by atoms with Crippen molar-refractivity contribution in [2.75, 3.05) is 13.2 Å². The Bertz CT molecular complexity index is 737. The highest BCUT2D eigenvalue weighted by atomic mass is 16.6. The number of amides is 1. The fourth-order valence-corrected chi connectivity index (χ4v) is 2.44. The summed E-state index contributed by atoms with van der Waals surface area (Å²) in [7, 11) is 0. The third-order valence-electron chi connectivity index (χ3n) is 3.66. The van der Waals surface area contributed by atoms with E-state index in [9.17, 15) is 9.59 Å². The molecule has 0 aliphatic carbocycles. The topological polar surface area (TPSA) is 46.6 Å². The number of rotatable bonds is 5. The van der Waals surface area contributed by atoms with Gasteiger partial charge in [-0.3, -0.25) is 4.79 Å². The molecule has 3 rings (SSSR count). The second-order valence-corrected chi connectivity index (χ2v) is 5.34. The van der Waals surface area contributed by atoms with Crippen LogP contribution in [0.4, 0.5) is 4.79 Å². The molecule has 1 fully saturated rings. The first-order chi connectivity index (χ1) is 11.2. The zero-order valence-corrected chi connectivity index (χ0v) is 12.6. The van der Waals surface area contributed by atoms with Gasteiger partial charge in [0.1, 0.15) is 6.61 Å². The molecule has 0 aromatic heterocycles. The summed E-state index contributed by atoms with van der Waals surface area (Å²) < 4.78 is 4.91. The lowest BCUT2D eigenvalue weighted by Gasteiger charge is -2.12. The van der Waals surface area contributed by atoms with E-state index in [0.29, 0.717) is 25.3 Å². The molecular formula is C19H17NO3. The van der Waals surface area contributed by atoms with Crippen LogP contribution < -0.4 is 0 Å². The number of carbonyl (C=O) groups is 2. The van der Waals surface area contributed by atoms with Crippen molar-refractivity contribution in [2.24, 2.45) is 0 Å². The van der Waals surface area contributed by atoms with Crippen molar-refractivity contribution in [3.8, 4) is 0 Å². The zero-order chi connectivity index (χ0) is 16.1. The average molecular weight is 307 g/mol. The predicted octanol–water partition coefficient (Wildman–Crippen LogP) is 3.53. The molecule has 0 unspecified atom stereocenters. The minimum atomic E-state index is -0.300. The molecule has 4 nitrogen and oxygen atoms in total. The molecule has 4 heteroatoms. The molecule has 0 atom stereocenters. The van der Waals surface area contributed by atoms with Crippen LogP contribution in [0.5, 0.6) is 0 Å². The molecule has 1 saturated heterocycles. The Kier molecular flexibility index (Phi) is 4.52. The first kappa shape index (κ1) is 15.0. The van der Waals surface area contributed by atoms with Gasteiger partial charge in [0.25, 0.3) is 0 Å². The number of hydrogen-bond acceptors (Lipinski definition) is 3. The molecular weight excluding hydrogens is 290 g/mol. The minimum Gasteiger partial charge on any atom is -0.448 e. The van der Waals surface area contributed by atoms with Crippen LogP contribution in [0.25, 0.3) is 6.08 Å². The quantitative estimate of drug-likeness (QED) is 0.627. The molecule has 0 saturated carbocycles. The molecule has 0 spiro atoms. The van der Waals surface area contributed by atoms with Gasteiger partial charge >= 0.3 is 6.09 Å². The van der Waals surface area contributed by atoms with Crippen molar-refractivity contribution in [3.63, 3.8) is 0 Å². The van der Waals surface area contributed by atoms with Gasteiger partial charge in [-0.1, -0.05) is 54.6 Å². The highest BCUT2D eigenvalue weighted by molar-refractivity contribution is 6.06. The van der Waals surface area contributed by atoms with E-state index in [2.05, 4.69) is 0 Å². The van der Waals surface area contributed by atoms with Crippen LogP contribution >= 0.6 is 0 Å². The SMILES string of the molecule is O=C(/C=C/c1ccccc1)c1cccc(CN2CCOC2=O)c1. The molecule has 0 radical (unpaired) electrons. The van der Waals surface area contributed by atoms with E-state index in [1.54, 1.807) is 23.1 Å². The van der Waals surface area contributed by atoms with Crippen molar-refractivity contribution >= 4 is 18.0 Å². The number of cyclic esters (lactones) is 1. The van der Waals surface area contributed by atoms with E-state index in [1.165, 1.54) is 0 Å². The first-order valence-electron chi connectivity index (χ1n) is 7.50. The number of hydrogen-bond donors (Lipinski definition) is 0. The molecule has 1 aliphatic heterocycles. The van der Waals surface area contributed by atoms with Gasteiger partial charge in [-0.2, -0.15) is 0 Å². The summed E-state index contributed by atoms with van der Waals surface area (Å²) in [6.45, 7) is 1.48. The van der Waals surface area contributed by atoms with E-state index in [4.69, 9.17) is 4.74 Å². The summed E-state index contributed by atoms with van der Waals surface area (Å²) in [5, 5.41) is 0. The van der Waals surface area contributed by atoms with Gasteiger partial charge in [0.05, 0.1) is 6.54 Å². The fourth-order valence-electron chi connectivity index (χ4n) is 2.44. The average Bonchev–Trinajstić information content (AvgIpc) is 2.99. The van der Waals surface area contributed by atoms with Gasteiger partial charge in [0, 0.05) is 12.1 Å². The van der Waals surface area contributed by atoms with Crippen LogP contribution in [-0.2, 0) is 11.3 Å². The molecule has 1 aliphatic rings. The van der Waals surface area contributed by atoms with Gasteiger partial charge in [-0.25, -0.2) is 4.79 Å². The van der Waals surface area contributed by atoms with Gasteiger partial charge in [-0.15, -0.1) is 0 Å². The summed E-state index contributed by atoms with van der Waals surface area (Å²) in [6, 6.07) is 17.0. The number of ketones is 1. The van der Waals surface area contributed by atoms with E-state index in [1.807, 2.05) is 48.5 Å². The minimum absolute atomic E-state index is 0.0558. The summed E-state index contributed by atoms with van der Waals surface area (Å²) >= 11 is 0. The zero-order valence-electron chi connectivity index (χ0n) is 12.6. The molecule has 1 amide bonds. The van der Waals surface area contributed by atoms with Crippen molar-refractivity contribution in [3.05, 3.63) is 77.4 Å². The lowest BCUT2D eigenvalue weighted by atomic mass is 10.1. The molecule has 0 bridgehead atoms. The van der Waals surface area contributed by atoms with Crippen molar-refractivity contribution in [1.82, 2.24) is 4.90 Å². The number of benzene rings is 2. The van der Waals surface area contributed by atoms with Crippen molar-refractivity contribution in [2.45, 2.75) is 6.54 Å². The van der Waals surface area contributed by atoms with Crippen LogP contribution in [0.1, 0.15) is 21.5 Å². The van der Waals surface area contributed by atoms with Crippen molar-refractivity contribution < 1.29 is 14.3 Å². The third kappa shape index (κ3) is 3.86. The molecule has 2 aromatic carbocycles. The lowest BCUT2D eigenvalue weighted by molar-refractivity contribution is 0.104. The predicted molar refractivity (Wildman–Crippen MR) is 88.0 cm³/mol. The van der Waals surface area contributed by atoms with Crippen LogP contribution in [0.3, 0.4) is 0 Å². The molecule has 2 aromatic rings. The Balaban J connectivity index is 1.70. The Morgan fingerprint density at radius 1 is 1.13 bits per heavy atom. The largest absolute Gasteiger partial charge is 0.448 e. The van der Waals surface area contributed by atoms with Gasteiger partial charge in [-0.05, 0) is 23.3 Å². The van der Waals surface area contributed by atoms with Gasteiger partial charge in [0.15, 0.2) is 5.78 Å². The fraction of sp³-hybridized carbons (Fsp3) is 0.158. The van der Waals surface area contributed by atoms with Crippen LogP contribution in [0.15, 0.2) is 60.7 Å². The standard InChI is InChI=1S/C19H17NO3/c21-18(10-9-15-5-2-1-3-6-15)17-8-4-7-16(13-17)14-20-11-12-23-19(20)22/h1-10,13H,11-12,14H2/b10-9+. The van der Waals surface area contributed by atoms with Crippen molar-refractivity contribution in [1.29, 1.82) is 0 Å². The highest BCUT2D eigenvalue weighted by Gasteiger charge is 2.21. The Hall–Kier alpha value is -2.88. The van der Waals surface area contributed by atoms with Gasteiger partial charge < -0.3 is 9.64 Å². The Morgan fingerprint density at radius 2 is 1.96 bits per heavy atom. The van der Waals surface area contributed by atoms with E-state index >= 15 is 0 Å². The van der Waals surface area contributed by atoms with E-state index in [0.717, 1.165) is 11.1 Å². The Labute approximate surface area is 135 Å².